The molecule has 6 heteroatoms. The van der Waals surface area contributed by atoms with Crippen molar-refractivity contribution in [3.8, 4) is 0 Å². The smallest absolute Gasteiger partial charge is 0.227 e. The number of nitrogens with one attached hydrogen (secondary N) is 1. The Balaban J connectivity index is 1.81. The highest BCUT2D eigenvalue weighted by Gasteiger charge is 2.34. The zero-order valence-corrected chi connectivity index (χ0v) is 17.3. The molecule has 5 nitrogen and oxygen atoms in total. The SMILES string of the molecule is O=C(CCl)Cc1ccc2c(c1NC(=O)C1CCCCC1)C(=O)c1ccccc1C2=O. The van der Waals surface area contributed by atoms with E-state index in [0.717, 1.165) is 32.1 Å². The van der Waals surface area contributed by atoms with Crippen molar-refractivity contribution in [2.24, 2.45) is 5.92 Å². The highest BCUT2D eigenvalue weighted by molar-refractivity contribution is 6.31. The van der Waals surface area contributed by atoms with E-state index in [0.29, 0.717) is 16.7 Å². The average molecular weight is 424 g/mol. The minimum Gasteiger partial charge on any atom is -0.325 e. The lowest BCUT2D eigenvalue weighted by Crippen LogP contribution is -2.29. The molecule has 4 rings (SSSR count). The molecule has 2 aliphatic carbocycles. The molecule has 1 N–H and O–H groups in total. The average Bonchev–Trinajstić information content (AvgIpc) is 2.78. The molecule has 1 fully saturated rings. The number of rotatable bonds is 5. The van der Waals surface area contributed by atoms with Crippen molar-refractivity contribution in [2.75, 3.05) is 11.2 Å². The summed E-state index contributed by atoms with van der Waals surface area (Å²) in [7, 11) is 0. The number of carbonyl (C=O) groups is 4. The van der Waals surface area contributed by atoms with E-state index < -0.39 is 0 Å². The number of amides is 1. The molecule has 0 aromatic heterocycles. The summed E-state index contributed by atoms with van der Waals surface area (Å²) >= 11 is 5.69. The van der Waals surface area contributed by atoms with E-state index in [4.69, 9.17) is 11.6 Å². The van der Waals surface area contributed by atoms with Gasteiger partial charge in [-0.25, -0.2) is 0 Å². The third-order valence-corrected chi connectivity index (χ3v) is 6.24. The molecule has 0 aliphatic heterocycles. The van der Waals surface area contributed by atoms with Gasteiger partial charge in [-0.1, -0.05) is 49.6 Å². The molecule has 0 bridgehead atoms. The number of carbonyl (C=O) groups excluding carboxylic acids is 4. The van der Waals surface area contributed by atoms with Gasteiger partial charge in [-0.3, -0.25) is 19.2 Å². The van der Waals surface area contributed by atoms with Gasteiger partial charge in [-0.2, -0.15) is 0 Å². The minimum absolute atomic E-state index is 0.0137. The second kappa shape index (κ2) is 8.52. The van der Waals surface area contributed by atoms with Gasteiger partial charge in [0, 0.05) is 29.0 Å². The summed E-state index contributed by atoms with van der Waals surface area (Å²) in [5, 5.41) is 2.91. The second-order valence-corrected chi connectivity index (χ2v) is 8.17. The lowest BCUT2D eigenvalue weighted by atomic mass is 9.81. The molecule has 0 saturated heterocycles. The fourth-order valence-corrected chi connectivity index (χ4v) is 4.46. The van der Waals surface area contributed by atoms with Crippen LogP contribution in [0.2, 0.25) is 0 Å². The number of benzene rings is 2. The van der Waals surface area contributed by atoms with Crippen molar-refractivity contribution in [3.63, 3.8) is 0 Å². The first-order valence-electron chi connectivity index (χ1n) is 10.2. The maximum atomic E-state index is 13.3. The Bertz CT molecular complexity index is 1050. The summed E-state index contributed by atoms with van der Waals surface area (Å²) in [6, 6.07) is 9.87. The standard InChI is InChI=1S/C24H22ClNO4/c25-13-16(27)12-15-10-11-19-20(21(15)26-24(30)14-6-2-1-3-7-14)23(29)18-9-5-4-8-17(18)22(19)28/h4-5,8-11,14H,1-3,6-7,12-13H2,(H,26,30). The summed E-state index contributed by atoms with van der Waals surface area (Å²) in [4.78, 5) is 51.4. The number of halogens is 1. The third kappa shape index (κ3) is 3.70. The van der Waals surface area contributed by atoms with Gasteiger partial charge in [0.15, 0.2) is 17.3 Å². The first kappa shape index (κ1) is 20.5. The number of alkyl halides is 1. The molecule has 0 radical (unpaired) electrons. The van der Waals surface area contributed by atoms with Crippen molar-refractivity contribution in [3.05, 3.63) is 64.2 Å². The number of hydrogen-bond acceptors (Lipinski definition) is 4. The molecule has 2 aromatic carbocycles. The van der Waals surface area contributed by atoms with E-state index in [1.807, 2.05) is 0 Å². The maximum absolute atomic E-state index is 13.3. The van der Waals surface area contributed by atoms with Crippen LogP contribution in [-0.4, -0.2) is 29.1 Å². The van der Waals surface area contributed by atoms with Crippen LogP contribution in [0.1, 0.15) is 69.5 Å². The molecule has 1 saturated carbocycles. The van der Waals surface area contributed by atoms with E-state index in [9.17, 15) is 19.2 Å². The van der Waals surface area contributed by atoms with Gasteiger partial charge < -0.3 is 5.32 Å². The number of Topliss-reactive ketones (excluding diaryl/α,β-unsaturated/α-hetero) is 1. The van der Waals surface area contributed by atoms with Gasteiger partial charge in [0.25, 0.3) is 0 Å². The summed E-state index contributed by atoms with van der Waals surface area (Å²) in [6.07, 6.45) is 4.68. The van der Waals surface area contributed by atoms with Gasteiger partial charge in [0.2, 0.25) is 5.91 Å². The van der Waals surface area contributed by atoms with E-state index in [1.54, 1.807) is 36.4 Å². The highest BCUT2D eigenvalue weighted by Crippen LogP contribution is 2.35. The summed E-state index contributed by atoms with van der Waals surface area (Å²) in [5.41, 5.74) is 1.86. The Hall–Kier alpha value is -2.79. The van der Waals surface area contributed by atoms with Crippen molar-refractivity contribution in [2.45, 2.75) is 38.5 Å². The van der Waals surface area contributed by atoms with Crippen LogP contribution in [0.15, 0.2) is 36.4 Å². The summed E-state index contributed by atoms with van der Waals surface area (Å²) < 4.78 is 0. The van der Waals surface area contributed by atoms with Crippen molar-refractivity contribution in [1.29, 1.82) is 0 Å². The Morgan fingerprint density at radius 2 is 1.57 bits per heavy atom. The van der Waals surface area contributed by atoms with Crippen LogP contribution >= 0.6 is 11.6 Å². The summed E-state index contributed by atoms with van der Waals surface area (Å²) in [6.45, 7) is 0. The molecule has 2 aromatic rings. The van der Waals surface area contributed by atoms with Crippen molar-refractivity contribution in [1.82, 2.24) is 0 Å². The number of hydrogen-bond donors (Lipinski definition) is 1. The Morgan fingerprint density at radius 3 is 2.23 bits per heavy atom. The van der Waals surface area contributed by atoms with E-state index in [1.165, 1.54) is 0 Å². The topological polar surface area (TPSA) is 80.3 Å². The van der Waals surface area contributed by atoms with Gasteiger partial charge in [-0.15, -0.1) is 11.6 Å². The Kier molecular flexibility index (Phi) is 5.82. The number of fused-ring (bicyclic) bond motifs is 2. The minimum atomic E-state index is -0.320. The second-order valence-electron chi connectivity index (χ2n) is 7.90. The zero-order valence-electron chi connectivity index (χ0n) is 16.5. The van der Waals surface area contributed by atoms with Crippen molar-refractivity contribution >= 4 is 40.5 Å². The lowest BCUT2D eigenvalue weighted by molar-refractivity contribution is -0.121. The van der Waals surface area contributed by atoms with Gasteiger partial charge in [0.05, 0.1) is 17.1 Å². The zero-order chi connectivity index (χ0) is 21.3. The molecule has 0 heterocycles. The lowest BCUT2D eigenvalue weighted by Gasteiger charge is -2.25. The first-order valence-corrected chi connectivity index (χ1v) is 10.8. The molecule has 0 unspecified atom stereocenters. The van der Waals surface area contributed by atoms with Crippen LogP contribution < -0.4 is 5.32 Å². The molecule has 154 valence electrons. The van der Waals surface area contributed by atoms with Gasteiger partial charge in [-0.05, 0) is 24.5 Å². The van der Waals surface area contributed by atoms with E-state index in [-0.39, 0.29) is 58.3 Å². The van der Waals surface area contributed by atoms with E-state index in [2.05, 4.69) is 5.32 Å². The maximum Gasteiger partial charge on any atom is 0.227 e. The van der Waals surface area contributed by atoms with Crippen LogP contribution in [0.5, 0.6) is 0 Å². The molecule has 2 aliphatic rings. The molecular weight excluding hydrogens is 402 g/mol. The molecule has 0 atom stereocenters. The van der Waals surface area contributed by atoms with E-state index >= 15 is 0 Å². The van der Waals surface area contributed by atoms with Crippen LogP contribution in [0.3, 0.4) is 0 Å². The van der Waals surface area contributed by atoms with Crippen LogP contribution in [0.25, 0.3) is 0 Å². The summed E-state index contributed by atoms with van der Waals surface area (Å²) in [5.74, 6) is -1.26. The largest absolute Gasteiger partial charge is 0.325 e. The first-order chi connectivity index (χ1) is 14.5. The van der Waals surface area contributed by atoms with Gasteiger partial charge >= 0.3 is 0 Å². The number of anilines is 1. The Labute approximate surface area is 179 Å². The molecular formula is C24H22ClNO4. The predicted octanol–water partition coefficient (Wildman–Crippen LogP) is 4.33. The third-order valence-electron chi connectivity index (χ3n) is 5.94. The fourth-order valence-electron chi connectivity index (χ4n) is 4.37. The van der Waals surface area contributed by atoms with Crippen LogP contribution in [-0.2, 0) is 16.0 Å². The van der Waals surface area contributed by atoms with Crippen molar-refractivity contribution < 1.29 is 19.2 Å². The predicted molar refractivity (Wildman–Crippen MR) is 114 cm³/mol. The normalized spacial score (nSPS) is 16.0. The van der Waals surface area contributed by atoms with Gasteiger partial charge in [0.1, 0.15) is 0 Å². The molecule has 0 spiro atoms. The van der Waals surface area contributed by atoms with Crippen LogP contribution in [0, 0.1) is 5.92 Å². The highest BCUT2D eigenvalue weighted by atomic mass is 35.5. The monoisotopic (exact) mass is 423 g/mol. The molecule has 1 amide bonds. The Morgan fingerprint density at radius 1 is 0.900 bits per heavy atom. The fraction of sp³-hybridized carbons (Fsp3) is 0.333. The molecule has 30 heavy (non-hydrogen) atoms. The quantitative estimate of drug-likeness (QED) is 0.619. The van der Waals surface area contributed by atoms with Crippen LogP contribution in [0.4, 0.5) is 5.69 Å². The number of ketones is 3.